The lowest BCUT2D eigenvalue weighted by atomic mass is 10.3. The van der Waals surface area contributed by atoms with E-state index in [2.05, 4.69) is 0 Å². The second-order valence-corrected chi connectivity index (χ2v) is 5.88. The van der Waals surface area contributed by atoms with E-state index in [9.17, 15) is 4.39 Å². The zero-order chi connectivity index (χ0) is 14.5. The standard InChI is InChI=1S/C14H12Cl2FNOS/c15-10-2-1-3-11(16)14(10)19-6-7-20-13-5-4-9(17)8-12(13)18/h1-5,8H,6-7,18H2. The van der Waals surface area contributed by atoms with Crippen LogP contribution in [0.1, 0.15) is 0 Å². The predicted octanol–water partition coefficient (Wildman–Crippen LogP) is 4.89. The van der Waals surface area contributed by atoms with Gasteiger partial charge < -0.3 is 10.5 Å². The van der Waals surface area contributed by atoms with Crippen LogP contribution >= 0.6 is 35.0 Å². The molecule has 0 bridgehead atoms. The molecule has 0 fully saturated rings. The maximum absolute atomic E-state index is 12.9. The summed E-state index contributed by atoms with van der Waals surface area (Å²) in [6, 6.07) is 9.52. The first-order valence-electron chi connectivity index (χ1n) is 5.82. The molecule has 0 radical (unpaired) electrons. The van der Waals surface area contributed by atoms with Gasteiger partial charge in [0, 0.05) is 16.3 Å². The van der Waals surface area contributed by atoms with Crippen molar-refractivity contribution in [1.29, 1.82) is 0 Å². The van der Waals surface area contributed by atoms with Crippen LogP contribution in [-0.2, 0) is 0 Å². The summed E-state index contributed by atoms with van der Waals surface area (Å²) in [4.78, 5) is 0.820. The van der Waals surface area contributed by atoms with Crippen LogP contribution in [0.25, 0.3) is 0 Å². The summed E-state index contributed by atoms with van der Waals surface area (Å²) in [5.74, 6) is 0.784. The summed E-state index contributed by atoms with van der Waals surface area (Å²) in [7, 11) is 0. The lowest BCUT2D eigenvalue weighted by molar-refractivity contribution is 0.344. The lowest BCUT2D eigenvalue weighted by Crippen LogP contribution is -2.01. The van der Waals surface area contributed by atoms with Gasteiger partial charge in [-0.3, -0.25) is 0 Å². The molecule has 106 valence electrons. The molecule has 0 saturated carbocycles. The van der Waals surface area contributed by atoms with E-state index in [4.69, 9.17) is 33.7 Å². The minimum atomic E-state index is -0.342. The first-order chi connectivity index (χ1) is 9.58. The highest BCUT2D eigenvalue weighted by atomic mass is 35.5. The van der Waals surface area contributed by atoms with Crippen LogP contribution in [0.4, 0.5) is 10.1 Å². The normalized spacial score (nSPS) is 10.6. The van der Waals surface area contributed by atoms with Crippen molar-refractivity contribution < 1.29 is 9.13 Å². The number of halogens is 3. The number of hydrogen-bond donors (Lipinski definition) is 1. The van der Waals surface area contributed by atoms with Crippen molar-refractivity contribution in [3.63, 3.8) is 0 Å². The van der Waals surface area contributed by atoms with Crippen LogP contribution in [0.15, 0.2) is 41.3 Å². The highest BCUT2D eigenvalue weighted by Crippen LogP contribution is 2.32. The molecule has 0 aliphatic rings. The van der Waals surface area contributed by atoms with Gasteiger partial charge in [-0.05, 0) is 30.3 Å². The number of thioether (sulfide) groups is 1. The maximum atomic E-state index is 12.9. The molecule has 0 heterocycles. The van der Waals surface area contributed by atoms with Gasteiger partial charge in [-0.25, -0.2) is 4.39 Å². The van der Waals surface area contributed by atoms with E-state index in [1.165, 1.54) is 23.9 Å². The summed E-state index contributed by atoms with van der Waals surface area (Å²) < 4.78 is 18.5. The van der Waals surface area contributed by atoms with Gasteiger partial charge in [0.15, 0.2) is 5.75 Å². The van der Waals surface area contributed by atoms with E-state index in [0.29, 0.717) is 33.8 Å². The number of para-hydroxylation sites is 1. The largest absolute Gasteiger partial charge is 0.490 e. The van der Waals surface area contributed by atoms with E-state index in [1.54, 1.807) is 24.3 Å². The van der Waals surface area contributed by atoms with Crippen LogP contribution in [0.5, 0.6) is 5.75 Å². The number of hydrogen-bond acceptors (Lipinski definition) is 3. The van der Waals surface area contributed by atoms with Gasteiger partial charge in [-0.15, -0.1) is 11.8 Å². The van der Waals surface area contributed by atoms with Gasteiger partial charge in [-0.2, -0.15) is 0 Å². The molecule has 0 aliphatic carbocycles. The van der Waals surface area contributed by atoms with E-state index in [1.807, 2.05) is 0 Å². The Kier molecular flexibility index (Phi) is 5.40. The summed E-state index contributed by atoms with van der Waals surface area (Å²) in [5.41, 5.74) is 6.14. The summed E-state index contributed by atoms with van der Waals surface area (Å²) in [5, 5.41) is 0.951. The lowest BCUT2D eigenvalue weighted by Gasteiger charge is -2.10. The van der Waals surface area contributed by atoms with Gasteiger partial charge in [0.25, 0.3) is 0 Å². The average molecular weight is 332 g/mol. The van der Waals surface area contributed by atoms with E-state index in [-0.39, 0.29) is 5.82 Å². The molecule has 0 unspecified atom stereocenters. The second kappa shape index (κ2) is 7.07. The van der Waals surface area contributed by atoms with Crippen molar-refractivity contribution in [2.75, 3.05) is 18.1 Å². The summed E-state index contributed by atoms with van der Waals surface area (Å²) in [6.45, 7) is 0.422. The Morgan fingerprint density at radius 3 is 2.50 bits per heavy atom. The van der Waals surface area contributed by atoms with E-state index >= 15 is 0 Å². The van der Waals surface area contributed by atoms with E-state index in [0.717, 1.165) is 4.90 Å². The topological polar surface area (TPSA) is 35.2 Å². The van der Waals surface area contributed by atoms with Crippen molar-refractivity contribution in [2.45, 2.75) is 4.90 Å². The Labute approximate surface area is 131 Å². The fraction of sp³-hybridized carbons (Fsp3) is 0.143. The number of nitrogen functional groups attached to an aromatic ring is 1. The third-order valence-electron chi connectivity index (χ3n) is 2.48. The van der Waals surface area contributed by atoms with Gasteiger partial charge in [0.1, 0.15) is 5.82 Å². The molecule has 2 rings (SSSR count). The molecule has 0 spiro atoms. The van der Waals surface area contributed by atoms with Gasteiger partial charge in [0.05, 0.1) is 16.7 Å². The Balaban J connectivity index is 1.88. The zero-order valence-corrected chi connectivity index (χ0v) is 12.7. The van der Waals surface area contributed by atoms with Crippen LogP contribution in [0.2, 0.25) is 10.0 Å². The SMILES string of the molecule is Nc1cc(F)ccc1SCCOc1c(Cl)cccc1Cl. The van der Waals surface area contributed by atoms with Crippen LogP contribution in [0.3, 0.4) is 0 Å². The van der Waals surface area contributed by atoms with Crippen molar-refractivity contribution in [1.82, 2.24) is 0 Å². The first kappa shape index (κ1) is 15.3. The molecule has 0 aromatic heterocycles. The van der Waals surface area contributed by atoms with Crippen LogP contribution < -0.4 is 10.5 Å². The smallest absolute Gasteiger partial charge is 0.156 e. The number of benzene rings is 2. The van der Waals surface area contributed by atoms with Gasteiger partial charge >= 0.3 is 0 Å². The molecular weight excluding hydrogens is 320 g/mol. The summed E-state index contributed by atoms with van der Waals surface area (Å²) in [6.07, 6.45) is 0. The maximum Gasteiger partial charge on any atom is 0.156 e. The molecule has 2 aromatic carbocycles. The predicted molar refractivity (Wildman–Crippen MR) is 83.5 cm³/mol. The molecular formula is C14H12Cl2FNOS. The number of nitrogens with two attached hydrogens (primary N) is 1. The Bertz CT molecular complexity index is 589. The number of rotatable bonds is 5. The van der Waals surface area contributed by atoms with E-state index < -0.39 is 0 Å². The average Bonchev–Trinajstić information content (AvgIpc) is 2.39. The molecule has 2 N–H and O–H groups in total. The highest BCUT2D eigenvalue weighted by molar-refractivity contribution is 7.99. The summed E-state index contributed by atoms with van der Waals surface area (Å²) >= 11 is 13.5. The van der Waals surface area contributed by atoms with Crippen molar-refractivity contribution in [3.8, 4) is 5.75 Å². The fourth-order valence-corrected chi connectivity index (χ4v) is 2.85. The molecule has 0 amide bonds. The van der Waals surface area contributed by atoms with Crippen molar-refractivity contribution >= 4 is 40.7 Å². The monoisotopic (exact) mass is 331 g/mol. The van der Waals surface area contributed by atoms with Crippen molar-refractivity contribution in [2.24, 2.45) is 0 Å². The second-order valence-electron chi connectivity index (χ2n) is 3.93. The quantitative estimate of drug-likeness (QED) is 0.481. The molecule has 2 nitrogen and oxygen atoms in total. The van der Waals surface area contributed by atoms with Crippen molar-refractivity contribution in [3.05, 3.63) is 52.3 Å². The molecule has 2 aromatic rings. The van der Waals surface area contributed by atoms with Crippen LogP contribution in [0, 0.1) is 5.82 Å². The molecule has 0 atom stereocenters. The molecule has 20 heavy (non-hydrogen) atoms. The number of ether oxygens (including phenoxy) is 1. The number of anilines is 1. The minimum absolute atomic E-state index is 0.342. The highest BCUT2D eigenvalue weighted by Gasteiger charge is 2.07. The third kappa shape index (κ3) is 3.95. The van der Waals surface area contributed by atoms with Gasteiger partial charge in [-0.1, -0.05) is 29.3 Å². The minimum Gasteiger partial charge on any atom is -0.490 e. The molecule has 6 heteroatoms. The Morgan fingerprint density at radius 1 is 1.15 bits per heavy atom. The third-order valence-corrected chi connectivity index (χ3v) is 4.13. The first-order valence-corrected chi connectivity index (χ1v) is 7.56. The van der Waals surface area contributed by atoms with Crippen LogP contribution in [-0.4, -0.2) is 12.4 Å². The van der Waals surface area contributed by atoms with Gasteiger partial charge in [0.2, 0.25) is 0 Å². The Morgan fingerprint density at radius 2 is 1.85 bits per heavy atom. The fourth-order valence-electron chi connectivity index (χ4n) is 1.57. The molecule has 0 saturated heterocycles. The zero-order valence-electron chi connectivity index (χ0n) is 10.4. The molecule has 0 aliphatic heterocycles. The Hall–Kier alpha value is -1.10.